The maximum absolute atomic E-state index is 13.5. The summed E-state index contributed by atoms with van der Waals surface area (Å²) in [7, 11) is 0. The Hall–Kier alpha value is -1.09. The van der Waals surface area contributed by atoms with Gasteiger partial charge in [0.1, 0.15) is 11.6 Å². The molecule has 100 valence electrons. The van der Waals surface area contributed by atoms with Gasteiger partial charge in [0, 0.05) is 12.1 Å². The van der Waals surface area contributed by atoms with Crippen LogP contribution in [0.2, 0.25) is 0 Å². The molecule has 2 N–H and O–H groups in total. The number of nitrogens with two attached hydrogens (primary N) is 1. The zero-order valence-electron chi connectivity index (χ0n) is 11.0. The second-order valence-corrected chi connectivity index (χ2v) is 5.35. The molecule has 0 bridgehead atoms. The highest BCUT2D eigenvalue weighted by molar-refractivity contribution is 5.30. The summed E-state index contributed by atoms with van der Waals surface area (Å²) < 4.78 is 19.4. The first-order chi connectivity index (χ1) is 8.63. The molecule has 1 saturated carbocycles. The lowest BCUT2D eigenvalue weighted by atomic mass is 9.98. The average Bonchev–Trinajstić information content (AvgIpc) is 2.28. The minimum Gasteiger partial charge on any atom is -0.490 e. The van der Waals surface area contributed by atoms with Gasteiger partial charge in [0.25, 0.3) is 0 Å². The fourth-order valence-electron chi connectivity index (χ4n) is 2.55. The van der Waals surface area contributed by atoms with E-state index in [0.29, 0.717) is 12.2 Å². The SMILES string of the molecule is CC(N)Cc1cc(F)cc(OC2CCCCC2)c1. The first kappa shape index (κ1) is 13.3. The van der Waals surface area contributed by atoms with Crippen molar-refractivity contribution in [3.63, 3.8) is 0 Å². The van der Waals surface area contributed by atoms with E-state index < -0.39 is 0 Å². The predicted molar refractivity (Wildman–Crippen MR) is 71.3 cm³/mol. The Morgan fingerprint density at radius 2 is 2.00 bits per heavy atom. The first-order valence-corrected chi connectivity index (χ1v) is 6.85. The van der Waals surface area contributed by atoms with Gasteiger partial charge in [0.2, 0.25) is 0 Å². The van der Waals surface area contributed by atoms with Gasteiger partial charge in [-0.3, -0.25) is 0 Å². The highest BCUT2D eigenvalue weighted by atomic mass is 19.1. The third-order valence-electron chi connectivity index (χ3n) is 3.34. The molecule has 3 heteroatoms. The lowest BCUT2D eigenvalue weighted by Gasteiger charge is -2.23. The summed E-state index contributed by atoms with van der Waals surface area (Å²) in [5.41, 5.74) is 6.66. The molecule has 0 amide bonds. The predicted octanol–water partition coefficient (Wildman–Crippen LogP) is 3.43. The molecular weight excluding hydrogens is 229 g/mol. The number of hydrogen-bond acceptors (Lipinski definition) is 2. The van der Waals surface area contributed by atoms with Crippen LogP contribution in [-0.4, -0.2) is 12.1 Å². The summed E-state index contributed by atoms with van der Waals surface area (Å²) in [4.78, 5) is 0. The van der Waals surface area contributed by atoms with Crippen LogP contribution >= 0.6 is 0 Å². The van der Waals surface area contributed by atoms with Crippen molar-refractivity contribution in [2.24, 2.45) is 5.73 Å². The van der Waals surface area contributed by atoms with Gasteiger partial charge in [-0.1, -0.05) is 6.42 Å². The molecule has 1 aromatic carbocycles. The van der Waals surface area contributed by atoms with Crippen molar-refractivity contribution < 1.29 is 9.13 Å². The summed E-state index contributed by atoms with van der Waals surface area (Å²) in [6, 6.07) is 4.96. The molecule has 0 aliphatic heterocycles. The standard InChI is InChI=1S/C15H22FNO/c1-11(17)7-12-8-13(16)10-15(9-12)18-14-5-3-2-4-6-14/h8-11,14H,2-7,17H2,1H3. The van der Waals surface area contributed by atoms with E-state index in [1.54, 1.807) is 0 Å². The van der Waals surface area contributed by atoms with Crippen molar-refractivity contribution in [1.29, 1.82) is 0 Å². The lowest BCUT2D eigenvalue weighted by Crippen LogP contribution is -2.20. The van der Waals surface area contributed by atoms with Crippen LogP contribution < -0.4 is 10.5 Å². The van der Waals surface area contributed by atoms with E-state index in [0.717, 1.165) is 18.4 Å². The number of hydrogen-bond donors (Lipinski definition) is 1. The molecule has 2 nitrogen and oxygen atoms in total. The molecule has 0 spiro atoms. The Balaban J connectivity index is 2.04. The molecule has 1 aromatic rings. The fraction of sp³-hybridized carbons (Fsp3) is 0.600. The zero-order valence-corrected chi connectivity index (χ0v) is 11.0. The number of benzene rings is 1. The Kier molecular flexibility index (Phi) is 4.59. The monoisotopic (exact) mass is 251 g/mol. The molecule has 1 unspecified atom stereocenters. The molecular formula is C15H22FNO. The fourth-order valence-corrected chi connectivity index (χ4v) is 2.55. The van der Waals surface area contributed by atoms with Crippen LogP contribution in [0, 0.1) is 5.82 Å². The minimum absolute atomic E-state index is 0.0364. The van der Waals surface area contributed by atoms with E-state index >= 15 is 0 Å². The normalized spacial score (nSPS) is 18.6. The summed E-state index contributed by atoms with van der Waals surface area (Å²) >= 11 is 0. The molecule has 1 aliphatic rings. The van der Waals surface area contributed by atoms with Crippen molar-refractivity contribution in [2.75, 3.05) is 0 Å². The molecule has 0 saturated heterocycles. The van der Waals surface area contributed by atoms with E-state index in [1.807, 2.05) is 13.0 Å². The van der Waals surface area contributed by atoms with E-state index in [1.165, 1.54) is 31.4 Å². The Morgan fingerprint density at radius 3 is 2.67 bits per heavy atom. The highest BCUT2D eigenvalue weighted by Crippen LogP contribution is 2.25. The second kappa shape index (κ2) is 6.19. The van der Waals surface area contributed by atoms with E-state index in [2.05, 4.69) is 0 Å². The van der Waals surface area contributed by atoms with Crippen molar-refractivity contribution in [1.82, 2.24) is 0 Å². The summed E-state index contributed by atoms with van der Waals surface area (Å²) in [5.74, 6) is 0.413. The van der Waals surface area contributed by atoms with Crippen LogP contribution in [0.1, 0.15) is 44.6 Å². The van der Waals surface area contributed by atoms with Crippen molar-refractivity contribution in [2.45, 2.75) is 57.6 Å². The quantitative estimate of drug-likeness (QED) is 0.889. The van der Waals surface area contributed by atoms with E-state index in [9.17, 15) is 4.39 Å². The van der Waals surface area contributed by atoms with Crippen molar-refractivity contribution >= 4 is 0 Å². The smallest absolute Gasteiger partial charge is 0.127 e. The van der Waals surface area contributed by atoms with Crippen molar-refractivity contribution in [3.8, 4) is 5.75 Å². The van der Waals surface area contributed by atoms with Gasteiger partial charge >= 0.3 is 0 Å². The largest absolute Gasteiger partial charge is 0.490 e. The van der Waals surface area contributed by atoms with Gasteiger partial charge in [0.15, 0.2) is 0 Å². The van der Waals surface area contributed by atoms with E-state index in [4.69, 9.17) is 10.5 Å². The van der Waals surface area contributed by atoms with E-state index in [-0.39, 0.29) is 18.0 Å². The van der Waals surface area contributed by atoms with Crippen LogP contribution in [0.4, 0.5) is 4.39 Å². The van der Waals surface area contributed by atoms with Crippen LogP contribution in [-0.2, 0) is 6.42 Å². The van der Waals surface area contributed by atoms with Crippen LogP contribution in [0.3, 0.4) is 0 Å². The van der Waals surface area contributed by atoms with Crippen LogP contribution in [0.15, 0.2) is 18.2 Å². The van der Waals surface area contributed by atoms with Crippen LogP contribution in [0.25, 0.3) is 0 Å². The second-order valence-electron chi connectivity index (χ2n) is 5.35. The van der Waals surface area contributed by atoms with Crippen molar-refractivity contribution in [3.05, 3.63) is 29.6 Å². The maximum Gasteiger partial charge on any atom is 0.127 e. The molecule has 1 fully saturated rings. The number of rotatable bonds is 4. The highest BCUT2D eigenvalue weighted by Gasteiger charge is 2.15. The zero-order chi connectivity index (χ0) is 13.0. The molecule has 0 heterocycles. The van der Waals surface area contributed by atoms with Gasteiger partial charge in [-0.15, -0.1) is 0 Å². The van der Waals surface area contributed by atoms with Gasteiger partial charge < -0.3 is 10.5 Å². The van der Waals surface area contributed by atoms with Gasteiger partial charge in [-0.25, -0.2) is 4.39 Å². The van der Waals surface area contributed by atoms with Crippen LogP contribution in [0.5, 0.6) is 5.75 Å². The maximum atomic E-state index is 13.5. The van der Waals surface area contributed by atoms with Gasteiger partial charge in [0.05, 0.1) is 6.10 Å². The molecule has 1 aliphatic carbocycles. The molecule has 0 radical (unpaired) electrons. The topological polar surface area (TPSA) is 35.2 Å². The molecule has 2 rings (SSSR count). The third kappa shape index (κ3) is 3.98. The first-order valence-electron chi connectivity index (χ1n) is 6.85. The lowest BCUT2D eigenvalue weighted by molar-refractivity contribution is 0.154. The van der Waals surface area contributed by atoms with Gasteiger partial charge in [-0.05, 0) is 56.7 Å². The minimum atomic E-state index is -0.237. The molecule has 1 atom stereocenters. The average molecular weight is 251 g/mol. The summed E-state index contributed by atoms with van der Waals surface area (Å²) in [6.07, 6.45) is 6.82. The third-order valence-corrected chi connectivity index (χ3v) is 3.34. The molecule has 0 aromatic heterocycles. The Morgan fingerprint density at radius 1 is 1.28 bits per heavy atom. The van der Waals surface area contributed by atoms with Gasteiger partial charge in [-0.2, -0.15) is 0 Å². The number of ether oxygens (including phenoxy) is 1. The summed E-state index contributed by atoms with van der Waals surface area (Å²) in [5, 5.41) is 0. The Labute approximate surface area is 108 Å². The molecule has 18 heavy (non-hydrogen) atoms. The summed E-state index contributed by atoms with van der Waals surface area (Å²) in [6.45, 7) is 1.92. The number of halogens is 1. The Bertz CT molecular complexity index is 386.